The molecule has 7 nitrogen and oxygen atoms in total. The molecular weight excluding hydrogens is 304 g/mol. The average Bonchev–Trinajstić information content (AvgIpc) is 2.85. The zero-order valence-electron chi connectivity index (χ0n) is 13.5. The molecule has 2 aliphatic rings. The molecule has 0 saturated carbocycles. The molecule has 3 heterocycles. The SMILES string of the molecule is CNc1ncnc(N2C(=O)C3(CCNCC3)c3ccccc32)c1N. The molecular formula is C17H20N6O. The Hall–Kier alpha value is -2.67. The van der Waals surface area contributed by atoms with E-state index < -0.39 is 5.41 Å². The molecule has 124 valence electrons. The van der Waals surface area contributed by atoms with E-state index in [-0.39, 0.29) is 5.91 Å². The van der Waals surface area contributed by atoms with Crippen LogP contribution in [0.25, 0.3) is 0 Å². The summed E-state index contributed by atoms with van der Waals surface area (Å²) >= 11 is 0. The highest BCUT2D eigenvalue weighted by Gasteiger charge is 2.52. The Morgan fingerprint density at radius 2 is 2.00 bits per heavy atom. The monoisotopic (exact) mass is 324 g/mol. The number of carbonyl (C=O) groups is 1. The van der Waals surface area contributed by atoms with Gasteiger partial charge < -0.3 is 16.4 Å². The van der Waals surface area contributed by atoms with E-state index in [1.165, 1.54) is 6.33 Å². The fraction of sp³-hybridized carbons (Fsp3) is 0.353. The van der Waals surface area contributed by atoms with Crippen LogP contribution in [0.5, 0.6) is 0 Å². The highest BCUT2D eigenvalue weighted by atomic mass is 16.2. The Balaban J connectivity index is 1.90. The number of nitrogen functional groups attached to an aromatic ring is 1. The zero-order chi connectivity index (χ0) is 16.7. The van der Waals surface area contributed by atoms with Gasteiger partial charge in [0.1, 0.15) is 12.0 Å². The minimum Gasteiger partial charge on any atom is -0.393 e. The van der Waals surface area contributed by atoms with Crippen molar-refractivity contribution in [3.8, 4) is 0 Å². The van der Waals surface area contributed by atoms with Crippen LogP contribution in [-0.2, 0) is 10.2 Å². The first-order chi connectivity index (χ1) is 11.7. The molecule has 0 unspecified atom stereocenters. The maximum atomic E-state index is 13.5. The molecule has 0 atom stereocenters. The van der Waals surface area contributed by atoms with Gasteiger partial charge in [-0.05, 0) is 37.6 Å². The highest BCUT2D eigenvalue weighted by molar-refractivity contribution is 6.14. The van der Waals surface area contributed by atoms with Crippen LogP contribution in [0.4, 0.5) is 23.0 Å². The van der Waals surface area contributed by atoms with Gasteiger partial charge >= 0.3 is 0 Å². The van der Waals surface area contributed by atoms with E-state index in [4.69, 9.17) is 5.73 Å². The summed E-state index contributed by atoms with van der Waals surface area (Å²) in [6.07, 6.45) is 2.99. The number of aromatic nitrogens is 2. The zero-order valence-corrected chi connectivity index (χ0v) is 13.5. The predicted octanol–water partition coefficient (Wildman–Crippen LogP) is 1.40. The Kier molecular flexibility index (Phi) is 3.38. The molecule has 1 fully saturated rings. The smallest absolute Gasteiger partial charge is 0.243 e. The van der Waals surface area contributed by atoms with E-state index in [0.717, 1.165) is 37.2 Å². The van der Waals surface area contributed by atoms with Gasteiger partial charge in [-0.1, -0.05) is 18.2 Å². The van der Waals surface area contributed by atoms with Crippen molar-refractivity contribution in [2.24, 2.45) is 0 Å². The first-order valence-corrected chi connectivity index (χ1v) is 8.12. The normalized spacial score (nSPS) is 18.7. The highest BCUT2D eigenvalue weighted by Crippen LogP contribution is 2.50. The third kappa shape index (κ3) is 1.91. The van der Waals surface area contributed by atoms with Crippen LogP contribution in [0, 0.1) is 0 Å². The summed E-state index contributed by atoms with van der Waals surface area (Å²) < 4.78 is 0. The molecule has 1 aromatic heterocycles. The van der Waals surface area contributed by atoms with Crippen LogP contribution in [0.15, 0.2) is 30.6 Å². The van der Waals surface area contributed by atoms with Gasteiger partial charge in [-0.2, -0.15) is 0 Å². The number of benzene rings is 1. The van der Waals surface area contributed by atoms with Gasteiger partial charge in [0.25, 0.3) is 0 Å². The van der Waals surface area contributed by atoms with Gasteiger partial charge in [-0.25, -0.2) is 9.97 Å². The first kappa shape index (κ1) is 14.9. The fourth-order valence-electron chi connectivity index (χ4n) is 3.82. The van der Waals surface area contributed by atoms with Crippen molar-refractivity contribution in [2.75, 3.05) is 36.1 Å². The average molecular weight is 324 g/mol. The number of piperidine rings is 1. The maximum Gasteiger partial charge on any atom is 0.243 e. The number of carbonyl (C=O) groups excluding carboxylic acids is 1. The predicted molar refractivity (Wildman–Crippen MR) is 93.4 cm³/mol. The summed E-state index contributed by atoms with van der Waals surface area (Å²) in [5, 5.41) is 6.29. The summed E-state index contributed by atoms with van der Waals surface area (Å²) in [7, 11) is 1.75. The van der Waals surface area contributed by atoms with Crippen molar-refractivity contribution < 1.29 is 4.79 Å². The summed E-state index contributed by atoms with van der Waals surface area (Å²) in [6.45, 7) is 1.66. The lowest BCUT2D eigenvalue weighted by atomic mass is 9.74. The number of rotatable bonds is 2. The summed E-state index contributed by atoms with van der Waals surface area (Å²) in [4.78, 5) is 23.5. The van der Waals surface area contributed by atoms with Crippen LogP contribution < -0.4 is 21.3 Å². The molecule has 1 amide bonds. The maximum absolute atomic E-state index is 13.5. The fourth-order valence-corrected chi connectivity index (χ4v) is 3.82. The minimum atomic E-state index is -0.487. The number of fused-ring (bicyclic) bond motifs is 2. The van der Waals surface area contributed by atoms with E-state index >= 15 is 0 Å². The standard InChI is InChI=1S/C17H20N6O/c1-19-14-13(18)15(22-10-21-14)23-12-5-3-2-4-11(12)17(16(23)24)6-8-20-9-7-17/h2-5,10,20H,6-9,18H2,1H3,(H,19,21,22). The molecule has 24 heavy (non-hydrogen) atoms. The Morgan fingerprint density at radius 3 is 2.75 bits per heavy atom. The number of nitrogens with two attached hydrogens (primary N) is 1. The van der Waals surface area contributed by atoms with Crippen molar-refractivity contribution in [3.63, 3.8) is 0 Å². The van der Waals surface area contributed by atoms with Gasteiger partial charge in [-0.3, -0.25) is 9.69 Å². The molecule has 4 rings (SSSR count). The lowest BCUT2D eigenvalue weighted by molar-refractivity contribution is -0.123. The van der Waals surface area contributed by atoms with Crippen LogP contribution in [0.1, 0.15) is 18.4 Å². The van der Waals surface area contributed by atoms with Gasteiger partial charge in [-0.15, -0.1) is 0 Å². The van der Waals surface area contributed by atoms with E-state index in [9.17, 15) is 4.79 Å². The number of hydrogen-bond donors (Lipinski definition) is 3. The molecule has 1 spiro atoms. The summed E-state index contributed by atoms with van der Waals surface area (Å²) in [5.41, 5.74) is 8.06. The van der Waals surface area contributed by atoms with E-state index in [2.05, 4.69) is 26.7 Å². The van der Waals surface area contributed by atoms with Crippen molar-refractivity contribution >= 4 is 28.9 Å². The van der Waals surface area contributed by atoms with Crippen LogP contribution in [0.3, 0.4) is 0 Å². The van der Waals surface area contributed by atoms with Gasteiger partial charge in [0.05, 0.1) is 11.1 Å². The number of para-hydroxylation sites is 1. The van der Waals surface area contributed by atoms with Crippen molar-refractivity contribution in [1.29, 1.82) is 0 Å². The quantitative estimate of drug-likeness (QED) is 0.773. The second-order valence-electron chi connectivity index (χ2n) is 6.20. The lowest BCUT2D eigenvalue weighted by Gasteiger charge is -2.33. The van der Waals surface area contributed by atoms with Crippen molar-refractivity contribution in [1.82, 2.24) is 15.3 Å². The van der Waals surface area contributed by atoms with Gasteiger partial charge in [0.2, 0.25) is 5.91 Å². The third-order valence-corrected chi connectivity index (χ3v) is 5.04. The molecule has 0 bridgehead atoms. The molecule has 2 aliphatic heterocycles. The van der Waals surface area contributed by atoms with Gasteiger partial charge in [0.15, 0.2) is 11.6 Å². The Labute approximate surface area is 140 Å². The Morgan fingerprint density at radius 1 is 1.25 bits per heavy atom. The number of anilines is 4. The molecule has 0 aliphatic carbocycles. The number of nitrogens with one attached hydrogen (secondary N) is 2. The lowest BCUT2D eigenvalue weighted by Crippen LogP contribution is -2.46. The second kappa shape index (κ2) is 5.45. The summed E-state index contributed by atoms with van der Waals surface area (Å²) in [5.74, 6) is 1.02. The van der Waals surface area contributed by atoms with E-state index in [1.807, 2.05) is 18.2 Å². The van der Waals surface area contributed by atoms with Crippen molar-refractivity contribution in [3.05, 3.63) is 36.2 Å². The molecule has 7 heteroatoms. The largest absolute Gasteiger partial charge is 0.393 e. The van der Waals surface area contributed by atoms with Crippen LogP contribution in [0.2, 0.25) is 0 Å². The van der Waals surface area contributed by atoms with Crippen molar-refractivity contribution in [2.45, 2.75) is 18.3 Å². The number of nitrogens with zero attached hydrogens (tertiary/aromatic N) is 3. The third-order valence-electron chi connectivity index (χ3n) is 5.04. The Bertz CT molecular complexity index is 799. The van der Waals surface area contributed by atoms with E-state index in [1.54, 1.807) is 11.9 Å². The second-order valence-corrected chi connectivity index (χ2v) is 6.20. The summed E-state index contributed by atoms with van der Waals surface area (Å²) in [6, 6.07) is 7.94. The molecule has 1 saturated heterocycles. The number of hydrogen-bond acceptors (Lipinski definition) is 6. The molecule has 1 aromatic carbocycles. The minimum absolute atomic E-state index is 0.0534. The van der Waals surface area contributed by atoms with E-state index in [0.29, 0.717) is 17.3 Å². The van der Waals surface area contributed by atoms with Gasteiger partial charge in [0, 0.05) is 7.05 Å². The molecule has 0 radical (unpaired) electrons. The van der Waals surface area contributed by atoms with Crippen LogP contribution in [-0.4, -0.2) is 36.0 Å². The molecule has 4 N–H and O–H groups in total. The molecule has 2 aromatic rings. The first-order valence-electron chi connectivity index (χ1n) is 8.12. The topological polar surface area (TPSA) is 96.2 Å². The number of amides is 1. The van der Waals surface area contributed by atoms with Crippen LogP contribution >= 0.6 is 0 Å².